The molecule has 2 rings (SSSR count). The van der Waals surface area contributed by atoms with Gasteiger partial charge in [-0.1, -0.05) is 11.6 Å². The van der Waals surface area contributed by atoms with Crippen LogP contribution >= 0.6 is 11.6 Å². The molecule has 1 aromatic carbocycles. The fourth-order valence-corrected chi connectivity index (χ4v) is 2.26. The zero-order valence-electron chi connectivity index (χ0n) is 13.3. The summed E-state index contributed by atoms with van der Waals surface area (Å²) in [6.07, 6.45) is -0.149. The highest BCUT2D eigenvalue weighted by molar-refractivity contribution is 6.62. The Labute approximate surface area is 130 Å². The number of hydrogen-bond acceptors (Lipinski definition) is 3. The highest BCUT2D eigenvalue weighted by Crippen LogP contribution is 2.37. The number of hydrogen-bond donors (Lipinski definition) is 0. The molecular formula is C15H21BClFO3. The van der Waals surface area contributed by atoms with E-state index in [2.05, 4.69) is 0 Å². The highest BCUT2D eigenvalue weighted by atomic mass is 35.5. The van der Waals surface area contributed by atoms with Crippen molar-refractivity contribution in [2.75, 3.05) is 0 Å². The standard InChI is InChI=1S/C15H21BClFO3/c1-9(2)19-12-8-10(7-11(17)13(12)18)16-20-14(3,4)15(5,6)21-16/h7-9H,1-6H3. The molecule has 0 aromatic heterocycles. The van der Waals surface area contributed by atoms with Crippen molar-refractivity contribution in [2.24, 2.45) is 0 Å². The Hall–Kier alpha value is -0.775. The summed E-state index contributed by atoms with van der Waals surface area (Å²) in [5, 5.41) is -0.00198. The Bertz CT molecular complexity index is 530. The van der Waals surface area contributed by atoms with Crippen molar-refractivity contribution in [3.63, 3.8) is 0 Å². The second kappa shape index (κ2) is 5.45. The lowest BCUT2D eigenvalue weighted by atomic mass is 9.79. The Kier molecular flexibility index (Phi) is 4.31. The molecule has 0 atom stereocenters. The first-order valence-electron chi connectivity index (χ1n) is 7.05. The number of halogens is 2. The molecule has 1 aliphatic heterocycles. The Morgan fingerprint density at radius 1 is 1.14 bits per heavy atom. The van der Waals surface area contributed by atoms with E-state index >= 15 is 0 Å². The molecule has 0 N–H and O–H groups in total. The van der Waals surface area contributed by atoms with Gasteiger partial charge in [-0.15, -0.1) is 0 Å². The summed E-state index contributed by atoms with van der Waals surface area (Å²) in [6, 6.07) is 3.11. The molecule has 0 spiro atoms. The second-order valence-corrected chi connectivity index (χ2v) is 6.98. The molecule has 1 aromatic rings. The minimum absolute atomic E-state index is 0.00198. The summed E-state index contributed by atoms with van der Waals surface area (Å²) in [4.78, 5) is 0. The van der Waals surface area contributed by atoms with Crippen LogP contribution in [0, 0.1) is 5.82 Å². The van der Waals surface area contributed by atoms with Crippen molar-refractivity contribution in [3.8, 4) is 5.75 Å². The molecule has 116 valence electrons. The van der Waals surface area contributed by atoms with Gasteiger partial charge in [-0.3, -0.25) is 0 Å². The topological polar surface area (TPSA) is 27.7 Å². The van der Waals surface area contributed by atoms with Crippen molar-refractivity contribution >= 4 is 24.2 Å². The zero-order valence-corrected chi connectivity index (χ0v) is 14.0. The van der Waals surface area contributed by atoms with Crippen LogP contribution in [0.4, 0.5) is 4.39 Å². The molecule has 1 heterocycles. The lowest BCUT2D eigenvalue weighted by Gasteiger charge is -2.32. The van der Waals surface area contributed by atoms with Gasteiger partial charge in [0.1, 0.15) is 0 Å². The number of ether oxygens (including phenoxy) is 1. The van der Waals surface area contributed by atoms with Gasteiger partial charge in [0.05, 0.1) is 22.3 Å². The maximum Gasteiger partial charge on any atom is 0.495 e. The van der Waals surface area contributed by atoms with Crippen LogP contribution in [0.3, 0.4) is 0 Å². The third-order valence-corrected chi connectivity index (χ3v) is 4.18. The van der Waals surface area contributed by atoms with E-state index < -0.39 is 24.1 Å². The monoisotopic (exact) mass is 314 g/mol. The average Bonchev–Trinajstić information content (AvgIpc) is 2.53. The normalized spacial score (nSPS) is 20.1. The first-order valence-corrected chi connectivity index (χ1v) is 7.42. The molecule has 0 bridgehead atoms. The summed E-state index contributed by atoms with van der Waals surface area (Å²) in [6.45, 7) is 11.5. The van der Waals surface area contributed by atoms with E-state index in [1.54, 1.807) is 6.07 Å². The molecule has 1 fully saturated rings. The van der Waals surface area contributed by atoms with Gasteiger partial charge in [0, 0.05) is 0 Å². The van der Waals surface area contributed by atoms with Crippen LogP contribution in [-0.4, -0.2) is 24.4 Å². The Morgan fingerprint density at radius 2 is 1.67 bits per heavy atom. The summed E-state index contributed by atoms with van der Waals surface area (Å²) >= 11 is 5.96. The van der Waals surface area contributed by atoms with Crippen molar-refractivity contribution in [3.05, 3.63) is 23.0 Å². The van der Waals surface area contributed by atoms with Gasteiger partial charge in [0.25, 0.3) is 0 Å². The van der Waals surface area contributed by atoms with E-state index in [9.17, 15) is 4.39 Å². The lowest BCUT2D eigenvalue weighted by Crippen LogP contribution is -2.41. The van der Waals surface area contributed by atoms with Gasteiger partial charge in [-0.2, -0.15) is 0 Å². The van der Waals surface area contributed by atoms with Crippen LogP contribution in [0.1, 0.15) is 41.5 Å². The lowest BCUT2D eigenvalue weighted by molar-refractivity contribution is 0.00578. The van der Waals surface area contributed by atoms with E-state index in [1.165, 1.54) is 6.07 Å². The molecule has 3 nitrogen and oxygen atoms in total. The van der Waals surface area contributed by atoms with Crippen LogP contribution < -0.4 is 10.2 Å². The van der Waals surface area contributed by atoms with Crippen molar-refractivity contribution < 1.29 is 18.4 Å². The van der Waals surface area contributed by atoms with E-state index in [4.69, 9.17) is 25.6 Å². The molecule has 21 heavy (non-hydrogen) atoms. The molecule has 1 aliphatic rings. The van der Waals surface area contributed by atoms with Gasteiger partial charge < -0.3 is 14.0 Å². The molecule has 0 radical (unpaired) electrons. The largest absolute Gasteiger partial charge is 0.495 e. The van der Waals surface area contributed by atoms with Crippen LogP contribution in [0.25, 0.3) is 0 Å². The third-order valence-electron chi connectivity index (χ3n) is 3.91. The smallest absolute Gasteiger partial charge is 0.488 e. The summed E-state index contributed by atoms with van der Waals surface area (Å²) in [5.41, 5.74) is -0.273. The summed E-state index contributed by atoms with van der Waals surface area (Å²) < 4.78 is 31.3. The third kappa shape index (κ3) is 3.20. The van der Waals surface area contributed by atoms with E-state index in [-0.39, 0.29) is 16.9 Å². The first-order chi connectivity index (χ1) is 9.53. The van der Waals surface area contributed by atoms with Crippen LogP contribution in [-0.2, 0) is 9.31 Å². The maximum absolute atomic E-state index is 14.0. The molecule has 0 amide bonds. The van der Waals surface area contributed by atoms with Crippen LogP contribution in [0.2, 0.25) is 5.02 Å². The Balaban J connectivity index is 2.36. The first kappa shape index (κ1) is 16.6. The SMILES string of the molecule is CC(C)Oc1cc(B2OC(C)(C)C(C)(C)O2)cc(Cl)c1F. The molecule has 0 unspecified atom stereocenters. The van der Waals surface area contributed by atoms with Crippen molar-refractivity contribution in [2.45, 2.75) is 58.8 Å². The quantitative estimate of drug-likeness (QED) is 0.798. The maximum atomic E-state index is 14.0. The summed E-state index contributed by atoms with van der Waals surface area (Å²) in [5.74, 6) is -0.451. The van der Waals surface area contributed by atoms with Gasteiger partial charge >= 0.3 is 7.12 Å². The van der Waals surface area contributed by atoms with E-state index in [0.29, 0.717) is 5.46 Å². The van der Waals surface area contributed by atoms with Crippen molar-refractivity contribution in [1.82, 2.24) is 0 Å². The minimum Gasteiger partial charge on any atom is -0.488 e. The molecule has 0 saturated carbocycles. The molecule has 1 saturated heterocycles. The van der Waals surface area contributed by atoms with E-state index in [0.717, 1.165) is 0 Å². The van der Waals surface area contributed by atoms with Gasteiger partial charge in [0.15, 0.2) is 11.6 Å². The van der Waals surface area contributed by atoms with Crippen LogP contribution in [0.15, 0.2) is 12.1 Å². The van der Waals surface area contributed by atoms with Gasteiger partial charge in [0.2, 0.25) is 0 Å². The number of rotatable bonds is 3. The van der Waals surface area contributed by atoms with Crippen LogP contribution in [0.5, 0.6) is 5.75 Å². The Morgan fingerprint density at radius 3 is 2.14 bits per heavy atom. The molecule has 6 heteroatoms. The van der Waals surface area contributed by atoms with Gasteiger partial charge in [-0.05, 0) is 59.1 Å². The highest BCUT2D eigenvalue weighted by Gasteiger charge is 2.51. The predicted molar refractivity (Wildman–Crippen MR) is 82.9 cm³/mol. The molecule has 0 aliphatic carbocycles. The second-order valence-electron chi connectivity index (χ2n) is 6.57. The molecular weight excluding hydrogens is 293 g/mol. The number of benzene rings is 1. The van der Waals surface area contributed by atoms with Gasteiger partial charge in [-0.25, -0.2) is 4.39 Å². The zero-order chi connectivity index (χ0) is 16.0. The summed E-state index contributed by atoms with van der Waals surface area (Å²) in [7, 11) is -0.595. The average molecular weight is 315 g/mol. The van der Waals surface area contributed by atoms with Crippen molar-refractivity contribution in [1.29, 1.82) is 0 Å². The fourth-order valence-electron chi connectivity index (χ4n) is 2.04. The van der Waals surface area contributed by atoms with E-state index in [1.807, 2.05) is 41.5 Å². The predicted octanol–water partition coefficient (Wildman–Crippen LogP) is 3.57. The minimum atomic E-state index is -0.595. The fraction of sp³-hybridized carbons (Fsp3) is 0.600.